The first-order valence-electron chi connectivity index (χ1n) is 7.95. The van der Waals surface area contributed by atoms with Crippen LogP contribution in [0, 0.1) is 16.7 Å². The van der Waals surface area contributed by atoms with E-state index in [1.807, 2.05) is 37.4 Å². The van der Waals surface area contributed by atoms with Crippen LogP contribution in [0.4, 0.5) is 4.79 Å². The van der Waals surface area contributed by atoms with E-state index in [1.54, 1.807) is 4.90 Å². The van der Waals surface area contributed by atoms with Gasteiger partial charge in [-0.05, 0) is 44.1 Å². The molecule has 1 aromatic carbocycles. The number of ether oxygens (including phenoxy) is 1. The van der Waals surface area contributed by atoms with Crippen molar-refractivity contribution in [2.45, 2.75) is 50.7 Å². The van der Waals surface area contributed by atoms with Crippen LogP contribution < -0.4 is 0 Å². The minimum absolute atomic E-state index is 0.105. The van der Waals surface area contributed by atoms with E-state index >= 15 is 0 Å². The lowest BCUT2D eigenvalue weighted by atomic mass is 9.57. The Kier molecular flexibility index (Phi) is 3.82. The van der Waals surface area contributed by atoms with Crippen LogP contribution in [0.5, 0.6) is 0 Å². The number of hydrogen-bond acceptors (Lipinski definition) is 3. The van der Waals surface area contributed by atoms with E-state index in [1.165, 1.54) is 0 Å². The Labute approximate surface area is 131 Å². The first kappa shape index (κ1) is 14.9. The van der Waals surface area contributed by atoms with Crippen LogP contribution in [0.1, 0.15) is 44.1 Å². The van der Waals surface area contributed by atoms with Crippen LogP contribution in [0.3, 0.4) is 0 Å². The van der Waals surface area contributed by atoms with Crippen molar-refractivity contribution in [1.29, 1.82) is 5.26 Å². The quantitative estimate of drug-likeness (QED) is 0.851. The van der Waals surface area contributed by atoms with Gasteiger partial charge in [0.25, 0.3) is 0 Å². The van der Waals surface area contributed by atoms with E-state index in [0.717, 1.165) is 44.1 Å². The van der Waals surface area contributed by atoms with Gasteiger partial charge in [0.1, 0.15) is 6.61 Å². The Morgan fingerprint density at radius 1 is 1.18 bits per heavy atom. The summed E-state index contributed by atoms with van der Waals surface area (Å²) in [5.41, 5.74) is 0.764. The molecule has 0 N–H and O–H groups in total. The largest absolute Gasteiger partial charge is 0.445 e. The molecule has 22 heavy (non-hydrogen) atoms. The van der Waals surface area contributed by atoms with Crippen LogP contribution in [0.25, 0.3) is 0 Å². The highest BCUT2D eigenvalue weighted by Gasteiger charge is 2.52. The number of nitriles is 1. The van der Waals surface area contributed by atoms with Gasteiger partial charge in [-0.15, -0.1) is 0 Å². The molecule has 0 radical (unpaired) electrons. The summed E-state index contributed by atoms with van der Waals surface area (Å²) in [7, 11) is 1.85. The zero-order valence-corrected chi connectivity index (χ0v) is 13.0. The third-order valence-corrected chi connectivity index (χ3v) is 5.63. The first-order valence-corrected chi connectivity index (χ1v) is 7.95. The zero-order chi connectivity index (χ0) is 15.6. The van der Waals surface area contributed by atoms with Crippen molar-refractivity contribution in [1.82, 2.24) is 4.90 Å². The molecule has 3 saturated carbocycles. The Balaban J connectivity index is 1.61. The van der Waals surface area contributed by atoms with Gasteiger partial charge in [0.2, 0.25) is 0 Å². The van der Waals surface area contributed by atoms with Crippen LogP contribution in [0.15, 0.2) is 30.3 Å². The van der Waals surface area contributed by atoms with Gasteiger partial charge in [0, 0.05) is 12.6 Å². The van der Waals surface area contributed by atoms with Gasteiger partial charge in [0.15, 0.2) is 0 Å². The zero-order valence-electron chi connectivity index (χ0n) is 13.0. The highest BCUT2D eigenvalue weighted by atomic mass is 16.6. The van der Waals surface area contributed by atoms with E-state index < -0.39 is 0 Å². The van der Waals surface area contributed by atoms with Gasteiger partial charge in [-0.1, -0.05) is 30.3 Å². The number of amides is 1. The highest BCUT2D eigenvalue weighted by Crippen LogP contribution is 2.54. The van der Waals surface area contributed by atoms with Crippen molar-refractivity contribution in [2.75, 3.05) is 7.05 Å². The standard InChI is InChI=1S/C18H22N2O2/c1-20(16(21)22-13-15-5-3-2-4-6-15)18-10-7-17(14-19,8-11-18)9-12-18/h2-6H,7-13H2,1H3. The van der Waals surface area contributed by atoms with Gasteiger partial charge >= 0.3 is 6.09 Å². The Hall–Kier alpha value is -2.02. The number of carbonyl (C=O) groups excluding carboxylic acids is 1. The van der Waals surface area contributed by atoms with Crippen molar-refractivity contribution in [2.24, 2.45) is 5.41 Å². The van der Waals surface area contributed by atoms with Crippen molar-refractivity contribution < 1.29 is 9.53 Å². The van der Waals surface area contributed by atoms with Gasteiger partial charge in [0.05, 0.1) is 11.5 Å². The number of carbonyl (C=O) groups is 1. The Bertz CT molecular complexity index is 566. The lowest BCUT2D eigenvalue weighted by Gasteiger charge is -2.53. The van der Waals surface area contributed by atoms with Gasteiger partial charge < -0.3 is 9.64 Å². The molecule has 0 spiro atoms. The molecule has 0 aliphatic heterocycles. The second-order valence-corrected chi connectivity index (χ2v) is 6.72. The van der Waals surface area contributed by atoms with E-state index in [9.17, 15) is 10.1 Å². The molecule has 0 atom stereocenters. The molecule has 4 heteroatoms. The maximum Gasteiger partial charge on any atom is 0.410 e. The maximum atomic E-state index is 12.4. The topological polar surface area (TPSA) is 53.3 Å². The van der Waals surface area contributed by atoms with Gasteiger partial charge in [-0.3, -0.25) is 0 Å². The molecule has 0 heterocycles. The molecule has 4 nitrogen and oxygen atoms in total. The van der Waals surface area contributed by atoms with Crippen molar-refractivity contribution >= 4 is 6.09 Å². The van der Waals surface area contributed by atoms with Gasteiger partial charge in [-0.2, -0.15) is 5.26 Å². The summed E-state index contributed by atoms with van der Waals surface area (Å²) >= 11 is 0. The summed E-state index contributed by atoms with van der Waals surface area (Å²) in [4.78, 5) is 14.2. The molecule has 4 rings (SSSR count). The molecule has 3 fully saturated rings. The average Bonchev–Trinajstić information content (AvgIpc) is 2.61. The normalized spacial score (nSPS) is 29.6. The fourth-order valence-electron chi connectivity index (χ4n) is 3.85. The second-order valence-electron chi connectivity index (χ2n) is 6.72. The number of nitrogens with zero attached hydrogens (tertiary/aromatic N) is 2. The average molecular weight is 298 g/mol. The molecule has 3 aliphatic rings. The third-order valence-electron chi connectivity index (χ3n) is 5.63. The van der Waals surface area contributed by atoms with Crippen molar-refractivity contribution in [3.63, 3.8) is 0 Å². The van der Waals surface area contributed by atoms with Crippen LogP contribution in [0.2, 0.25) is 0 Å². The summed E-state index contributed by atoms with van der Waals surface area (Å²) in [6.45, 7) is 0.308. The molecule has 2 bridgehead atoms. The lowest BCUT2D eigenvalue weighted by molar-refractivity contribution is -0.0204. The smallest absolute Gasteiger partial charge is 0.410 e. The van der Waals surface area contributed by atoms with Crippen LogP contribution in [-0.4, -0.2) is 23.6 Å². The van der Waals surface area contributed by atoms with Crippen molar-refractivity contribution in [3.05, 3.63) is 35.9 Å². The summed E-state index contributed by atoms with van der Waals surface area (Å²) < 4.78 is 5.46. The molecule has 0 aromatic heterocycles. The fraction of sp³-hybridized carbons (Fsp3) is 0.556. The number of benzene rings is 1. The molecule has 1 aromatic rings. The molecule has 116 valence electrons. The minimum atomic E-state index is -0.254. The van der Waals surface area contributed by atoms with Crippen LogP contribution >= 0.6 is 0 Å². The maximum absolute atomic E-state index is 12.4. The van der Waals surface area contributed by atoms with E-state index in [4.69, 9.17) is 4.74 Å². The van der Waals surface area contributed by atoms with Crippen LogP contribution in [-0.2, 0) is 11.3 Å². The molecular formula is C18H22N2O2. The summed E-state index contributed by atoms with van der Waals surface area (Å²) in [6, 6.07) is 12.2. The minimum Gasteiger partial charge on any atom is -0.445 e. The molecule has 3 aliphatic carbocycles. The number of rotatable bonds is 3. The van der Waals surface area contributed by atoms with E-state index in [0.29, 0.717) is 6.61 Å². The van der Waals surface area contributed by atoms with Crippen molar-refractivity contribution in [3.8, 4) is 6.07 Å². The Morgan fingerprint density at radius 3 is 2.32 bits per heavy atom. The number of hydrogen-bond donors (Lipinski definition) is 0. The summed E-state index contributed by atoms with van der Waals surface area (Å²) in [5.74, 6) is 0. The molecule has 0 saturated heterocycles. The first-order chi connectivity index (χ1) is 10.6. The predicted octanol–water partition coefficient (Wildman–Crippen LogP) is 3.87. The second kappa shape index (κ2) is 5.64. The lowest BCUT2D eigenvalue weighted by Crippen LogP contribution is -2.57. The summed E-state index contributed by atoms with van der Waals surface area (Å²) in [5, 5.41) is 9.35. The SMILES string of the molecule is CN(C(=O)OCc1ccccc1)C12CCC(C#N)(CC1)CC2. The molecular weight excluding hydrogens is 276 g/mol. The monoisotopic (exact) mass is 298 g/mol. The Morgan fingerprint density at radius 2 is 1.77 bits per heavy atom. The summed E-state index contributed by atoms with van der Waals surface area (Å²) in [6.07, 6.45) is 5.20. The predicted molar refractivity (Wildman–Crippen MR) is 82.9 cm³/mol. The third kappa shape index (κ3) is 2.56. The number of fused-ring (bicyclic) bond motifs is 3. The molecule has 0 unspecified atom stereocenters. The molecule has 1 amide bonds. The van der Waals surface area contributed by atoms with Gasteiger partial charge in [-0.25, -0.2) is 4.79 Å². The van der Waals surface area contributed by atoms with E-state index in [2.05, 4.69) is 6.07 Å². The van der Waals surface area contributed by atoms with E-state index in [-0.39, 0.29) is 17.0 Å². The fourth-order valence-corrected chi connectivity index (χ4v) is 3.85. The highest BCUT2D eigenvalue weighted by molar-refractivity contribution is 5.68.